The number of rotatable bonds is 3. The van der Waals surface area contributed by atoms with Crippen LogP contribution in [0.15, 0.2) is 18.2 Å². The fourth-order valence-electron chi connectivity index (χ4n) is 2.04. The molecule has 100 valence electrons. The van der Waals surface area contributed by atoms with Crippen LogP contribution in [0.3, 0.4) is 0 Å². The van der Waals surface area contributed by atoms with Gasteiger partial charge in [0.25, 0.3) is 0 Å². The van der Waals surface area contributed by atoms with E-state index in [2.05, 4.69) is 0 Å². The van der Waals surface area contributed by atoms with Crippen molar-refractivity contribution in [2.45, 2.75) is 6.42 Å². The molecular formula is C12H11IN2O4. The summed E-state index contributed by atoms with van der Waals surface area (Å²) in [4.78, 5) is 35.5. The highest BCUT2D eigenvalue weighted by Gasteiger charge is 2.35. The zero-order valence-corrected chi connectivity index (χ0v) is 12.0. The maximum absolute atomic E-state index is 11.9. The van der Waals surface area contributed by atoms with Crippen molar-refractivity contribution in [2.75, 3.05) is 11.4 Å². The number of carbonyl (C=O) groups excluding carboxylic acids is 2. The molecule has 1 aliphatic rings. The lowest BCUT2D eigenvalue weighted by Gasteiger charge is -2.18. The summed E-state index contributed by atoms with van der Waals surface area (Å²) in [7, 11) is 0. The monoisotopic (exact) mass is 374 g/mol. The quantitative estimate of drug-likeness (QED) is 0.766. The highest BCUT2D eigenvalue weighted by atomic mass is 127. The minimum atomic E-state index is -1.11. The summed E-state index contributed by atoms with van der Waals surface area (Å²) in [5.74, 6) is -2.50. The molecule has 2 amide bonds. The van der Waals surface area contributed by atoms with Gasteiger partial charge in [-0.25, -0.2) is 4.79 Å². The third-order valence-electron chi connectivity index (χ3n) is 3.01. The zero-order valence-electron chi connectivity index (χ0n) is 9.80. The van der Waals surface area contributed by atoms with Gasteiger partial charge in [0.1, 0.15) is 0 Å². The van der Waals surface area contributed by atoms with Crippen LogP contribution in [0.4, 0.5) is 5.69 Å². The van der Waals surface area contributed by atoms with E-state index in [-0.39, 0.29) is 24.4 Å². The number of anilines is 1. The molecule has 7 heteroatoms. The first kappa shape index (κ1) is 13.8. The van der Waals surface area contributed by atoms with E-state index in [1.54, 1.807) is 12.1 Å². The third-order valence-corrected chi connectivity index (χ3v) is 3.68. The Morgan fingerprint density at radius 3 is 2.63 bits per heavy atom. The molecule has 0 aromatic heterocycles. The molecule has 0 aliphatic carbocycles. The van der Waals surface area contributed by atoms with E-state index in [1.807, 2.05) is 22.6 Å². The minimum Gasteiger partial charge on any atom is -0.478 e. The largest absolute Gasteiger partial charge is 0.478 e. The lowest BCUT2D eigenvalue weighted by atomic mass is 10.1. The number of hydrogen-bond acceptors (Lipinski definition) is 3. The fraction of sp³-hybridized carbons (Fsp3) is 0.250. The van der Waals surface area contributed by atoms with Gasteiger partial charge in [-0.3, -0.25) is 9.59 Å². The number of carboxylic acid groups (broad SMARTS) is 1. The molecule has 1 unspecified atom stereocenters. The van der Waals surface area contributed by atoms with Gasteiger partial charge in [-0.15, -0.1) is 0 Å². The lowest BCUT2D eigenvalue weighted by molar-refractivity contribution is -0.123. The normalized spacial score (nSPS) is 18.7. The summed E-state index contributed by atoms with van der Waals surface area (Å²) in [6.07, 6.45) is 0.0276. The van der Waals surface area contributed by atoms with Gasteiger partial charge in [0.15, 0.2) is 0 Å². The summed E-state index contributed by atoms with van der Waals surface area (Å²) in [5, 5.41) is 9.15. The van der Waals surface area contributed by atoms with Crippen molar-refractivity contribution in [2.24, 2.45) is 11.7 Å². The van der Waals surface area contributed by atoms with Crippen LogP contribution in [0.1, 0.15) is 16.8 Å². The first-order valence-corrected chi connectivity index (χ1v) is 6.60. The number of carbonyl (C=O) groups is 3. The molecule has 0 spiro atoms. The number of amides is 2. The van der Waals surface area contributed by atoms with Crippen LogP contribution in [-0.4, -0.2) is 29.4 Å². The summed E-state index contributed by atoms with van der Waals surface area (Å²) in [6, 6.07) is 4.72. The summed E-state index contributed by atoms with van der Waals surface area (Å²) >= 11 is 2.04. The van der Waals surface area contributed by atoms with E-state index in [4.69, 9.17) is 10.8 Å². The molecule has 1 aromatic carbocycles. The number of primary amides is 1. The predicted molar refractivity (Wildman–Crippen MR) is 75.8 cm³/mol. The number of halogens is 1. The molecule has 1 atom stereocenters. The van der Waals surface area contributed by atoms with Crippen molar-refractivity contribution >= 4 is 46.1 Å². The molecule has 1 aromatic rings. The average Bonchev–Trinajstić information content (AvgIpc) is 2.71. The van der Waals surface area contributed by atoms with Gasteiger partial charge in [-0.2, -0.15) is 0 Å². The molecule has 0 saturated carbocycles. The molecule has 1 aliphatic heterocycles. The second-order valence-electron chi connectivity index (χ2n) is 4.27. The fourth-order valence-corrected chi connectivity index (χ4v) is 2.51. The average molecular weight is 374 g/mol. The van der Waals surface area contributed by atoms with E-state index >= 15 is 0 Å². The van der Waals surface area contributed by atoms with Crippen LogP contribution < -0.4 is 10.6 Å². The molecule has 6 nitrogen and oxygen atoms in total. The Hall–Kier alpha value is -1.64. The van der Waals surface area contributed by atoms with E-state index < -0.39 is 17.8 Å². The van der Waals surface area contributed by atoms with Crippen molar-refractivity contribution in [3.05, 3.63) is 27.3 Å². The highest BCUT2D eigenvalue weighted by Crippen LogP contribution is 2.29. The first-order valence-electron chi connectivity index (χ1n) is 5.52. The van der Waals surface area contributed by atoms with Gasteiger partial charge in [0.05, 0.1) is 17.2 Å². The smallest absolute Gasteiger partial charge is 0.337 e. The first-order chi connectivity index (χ1) is 8.90. The van der Waals surface area contributed by atoms with Crippen LogP contribution in [0.5, 0.6) is 0 Å². The second-order valence-corrected chi connectivity index (χ2v) is 5.52. The van der Waals surface area contributed by atoms with Crippen molar-refractivity contribution in [1.82, 2.24) is 0 Å². The van der Waals surface area contributed by atoms with Crippen LogP contribution in [0, 0.1) is 9.49 Å². The molecule has 0 radical (unpaired) electrons. The van der Waals surface area contributed by atoms with Crippen molar-refractivity contribution in [1.29, 1.82) is 0 Å². The van der Waals surface area contributed by atoms with Crippen LogP contribution in [0.25, 0.3) is 0 Å². The van der Waals surface area contributed by atoms with Gasteiger partial charge in [-0.1, -0.05) is 0 Å². The Bertz CT molecular complexity index is 573. The molecule has 2 rings (SSSR count). The van der Waals surface area contributed by atoms with Gasteiger partial charge in [0, 0.05) is 16.5 Å². The Morgan fingerprint density at radius 1 is 1.42 bits per heavy atom. The molecule has 1 saturated heterocycles. The minimum absolute atomic E-state index is 0.0276. The standard InChI is InChI=1S/C12H11IN2O4/c13-7-1-2-8(12(18)19)9(4-7)15-5-6(11(14)17)3-10(15)16/h1-2,4,6H,3,5H2,(H2,14,17)(H,18,19). The van der Waals surface area contributed by atoms with Gasteiger partial charge < -0.3 is 15.7 Å². The number of aromatic carboxylic acids is 1. The lowest BCUT2D eigenvalue weighted by Crippen LogP contribution is -2.29. The van der Waals surface area contributed by atoms with Crippen molar-refractivity contribution in [3.63, 3.8) is 0 Å². The molecule has 0 bridgehead atoms. The number of nitrogens with two attached hydrogens (primary N) is 1. The Labute approximate surface area is 122 Å². The predicted octanol–water partition coefficient (Wildman–Crippen LogP) is 0.828. The summed E-state index contributed by atoms with van der Waals surface area (Å²) < 4.78 is 0.813. The highest BCUT2D eigenvalue weighted by molar-refractivity contribution is 14.1. The van der Waals surface area contributed by atoms with Gasteiger partial charge in [-0.05, 0) is 40.8 Å². The van der Waals surface area contributed by atoms with Gasteiger partial charge >= 0.3 is 5.97 Å². The molecule has 19 heavy (non-hydrogen) atoms. The Morgan fingerprint density at radius 2 is 2.11 bits per heavy atom. The number of hydrogen-bond donors (Lipinski definition) is 2. The molecule has 1 fully saturated rings. The van der Waals surface area contributed by atoms with E-state index in [1.165, 1.54) is 11.0 Å². The number of carboxylic acids is 1. The second kappa shape index (κ2) is 5.16. The Kier molecular flexibility index (Phi) is 3.74. The third kappa shape index (κ3) is 2.70. The van der Waals surface area contributed by atoms with E-state index in [9.17, 15) is 14.4 Å². The van der Waals surface area contributed by atoms with E-state index in [0.29, 0.717) is 5.69 Å². The van der Waals surface area contributed by atoms with Crippen LogP contribution >= 0.6 is 22.6 Å². The topological polar surface area (TPSA) is 101 Å². The van der Waals surface area contributed by atoms with Crippen molar-refractivity contribution in [3.8, 4) is 0 Å². The van der Waals surface area contributed by atoms with Gasteiger partial charge in [0.2, 0.25) is 11.8 Å². The van der Waals surface area contributed by atoms with Crippen LogP contribution in [-0.2, 0) is 9.59 Å². The number of nitrogens with zero attached hydrogens (tertiary/aromatic N) is 1. The molecule has 3 N–H and O–H groups in total. The van der Waals surface area contributed by atoms with Crippen LogP contribution in [0.2, 0.25) is 0 Å². The van der Waals surface area contributed by atoms with Crippen molar-refractivity contribution < 1.29 is 19.5 Å². The Balaban J connectivity index is 2.42. The molecule has 1 heterocycles. The molecular weight excluding hydrogens is 363 g/mol. The maximum Gasteiger partial charge on any atom is 0.337 e. The van der Waals surface area contributed by atoms with E-state index in [0.717, 1.165) is 3.57 Å². The summed E-state index contributed by atoms with van der Waals surface area (Å²) in [5.41, 5.74) is 5.55. The number of benzene rings is 1. The summed E-state index contributed by atoms with van der Waals surface area (Å²) in [6.45, 7) is 0.133. The maximum atomic E-state index is 11.9. The zero-order chi connectivity index (χ0) is 14.2. The SMILES string of the molecule is NC(=O)C1CC(=O)N(c2cc(I)ccc2C(=O)O)C1.